The number of nitrogen functional groups attached to an aromatic ring is 1. The molecule has 2 heterocycles. The molecule has 3 rings (SSSR count). The van der Waals surface area contributed by atoms with Gasteiger partial charge in [0.15, 0.2) is 11.6 Å². The largest absolute Gasteiger partial charge is 0.380 e. The second kappa shape index (κ2) is 3.41. The molecule has 3 aromatic rings. The maximum Gasteiger partial charge on any atom is 0.346 e. The van der Waals surface area contributed by atoms with Crippen LogP contribution in [-0.4, -0.2) is 15.1 Å². The van der Waals surface area contributed by atoms with Crippen molar-refractivity contribution in [3.8, 4) is 11.4 Å². The van der Waals surface area contributed by atoms with Gasteiger partial charge in [0.2, 0.25) is 0 Å². The Kier molecular flexibility index (Phi) is 1.91. The Hall–Kier alpha value is -2.70. The van der Waals surface area contributed by atoms with Crippen molar-refractivity contribution in [2.75, 3.05) is 5.73 Å². The van der Waals surface area contributed by atoms with E-state index >= 15 is 0 Å². The van der Waals surface area contributed by atoms with Crippen LogP contribution in [0.25, 0.3) is 22.6 Å². The molecule has 0 bridgehead atoms. The molecule has 0 amide bonds. The lowest BCUT2D eigenvalue weighted by atomic mass is 10.2. The first-order valence-corrected chi connectivity index (χ1v) is 4.84. The summed E-state index contributed by atoms with van der Waals surface area (Å²) in [4.78, 5) is 8.35. The maximum atomic E-state index is 11.2. The van der Waals surface area contributed by atoms with Crippen molar-refractivity contribution in [3.63, 3.8) is 0 Å². The van der Waals surface area contributed by atoms with Crippen LogP contribution in [0.5, 0.6) is 0 Å². The molecular weight excluding hydrogens is 222 g/mol. The van der Waals surface area contributed by atoms with Gasteiger partial charge in [-0.15, -0.1) is 0 Å². The average molecular weight is 229 g/mol. The fraction of sp³-hybridized carbons (Fsp3) is 0. The van der Waals surface area contributed by atoms with E-state index in [2.05, 4.69) is 19.8 Å². The number of benzene rings is 1. The van der Waals surface area contributed by atoms with Crippen LogP contribution in [0.15, 0.2) is 35.0 Å². The van der Waals surface area contributed by atoms with Crippen LogP contribution < -0.4 is 10.6 Å². The first-order valence-electron chi connectivity index (χ1n) is 4.84. The zero-order chi connectivity index (χ0) is 11.8. The number of hydrogen-bond acceptors (Lipinski definition) is 6. The number of nitrogens with two attached hydrogens (primary N) is 1. The van der Waals surface area contributed by atoms with Crippen LogP contribution in [0.1, 0.15) is 0 Å². The molecule has 7 nitrogen and oxygen atoms in total. The monoisotopic (exact) mass is 229 g/mol. The molecule has 2 N–H and O–H groups in total. The van der Waals surface area contributed by atoms with Gasteiger partial charge in [0.25, 0.3) is 5.52 Å². The average Bonchev–Trinajstić information content (AvgIpc) is 2.73. The van der Waals surface area contributed by atoms with Crippen LogP contribution in [0.2, 0.25) is 0 Å². The molecule has 0 aliphatic heterocycles. The van der Waals surface area contributed by atoms with Crippen molar-refractivity contribution in [1.82, 2.24) is 15.1 Å². The molecule has 1 aromatic carbocycles. The molecule has 0 aliphatic carbocycles. The Balaban J connectivity index is 2.26. The fourth-order valence-corrected chi connectivity index (χ4v) is 1.53. The van der Waals surface area contributed by atoms with Crippen molar-refractivity contribution in [2.45, 2.75) is 0 Å². The lowest BCUT2D eigenvalue weighted by Gasteiger charge is -1.99. The molecular formula is C10H7N5O2. The number of nitrogens with zero attached hydrogens (tertiary/aromatic N) is 4. The van der Waals surface area contributed by atoms with Crippen LogP contribution in [0.3, 0.4) is 0 Å². The topological polar surface area (TPSA) is 105 Å². The van der Waals surface area contributed by atoms with Gasteiger partial charge < -0.3 is 10.9 Å². The lowest BCUT2D eigenvalue weighted by molar-refractivity contribution is -0.782. The standard InChI is InChI=1S/C10H7N5O2/c11-8-7-10(14-17-15(7)16)13-9(12-8)6-4-2-1-3-5-6/h1-5H,(H2,11,12,13,14). The Morgan fingerprint density at radius 1 is 1.18 bits per heavy atom. The van der Waals surface area contributed by atoms with Gasteiger partial charge >= 0.3 is 5.65 Å². The smallest absolute Gasteiger partial charge is 0.346 e. The minimum absolute atomic E-state index is 0.0460. The van der Waals surface area contributed by atoms with Crippen LogP contribution in [0.4, 0.5) is 5.82 Å². The summed E-state index contributed by atoms with van der Waals surface area (Å²) in [7, 11) is 0. The molecule has 84 valence electrons. The summed E-state index contributed by atoms with van der Waals surface area (Å²) in [6.07, 6.45) is 0. The quantitative estimate of drug-likeness (QED) is 0.609. The Morgan fingerprint density at radius 2 is 1.94 bits per heavy atom. The summed E-state index contributed by atoms with van der Waals surface area (Å²) in [5.74, 6) is 0.453. The molecule has 0 saturated carbocycles. The molecule has 0 aliphatic rings. The van der Waals surface area contributed by atoms with Crippen LogP contribution in [0, 0.1) is 5.21 Å². The number of rotatable bonds is 1. The van der Waals surface area contributed by atoms with Gasteiger partial charge in [0.05, 0.1) is 5.16 Å². The molecule has 7 heteroatoms. The van der Waals surface area contributed by atoms with Crippen LogP contribution in [-0.2, 0) is 0 Å². The highest BCUT2D eigenvalue weighted by Crippen LogP contribution is 2.19. The summed E-state index contributed by atoms with van der Waals surface area (Å²) >= 11 is 0. The summed E-state index contributed by atoms with van der Waals surface area (Å²) in [6.45, 7) is 0. The summed E-state index contributed by atoms with van der Waals surface area (Å²) < 4.78 is 4.42. The highest BCUT2D eigenvalue weighted by molar-refractivity contribution is 5.79. The zero-order valence-corrected chi connectivity index (χ0v) is 8.57. The highest BCUT2D eigenvalue weighted by Gasteiger charge is 2.18. The van der Waals surface area contributed by atoms with Crippen molar-refractivity contribution >= 4 is 17.0 Å². The normalized spacial score (nSPS) is 10.8. The maximum absolute atomic E-state index is 11.2. The van der Waals surface area contributed by atoms with E-state index in [-0.39, 0.29) is 21.9 Å². The van der Waals surface area contributed by atoms with Crippen molar-refractivity contribution in [3.05, 3.63) is 35.5 Å². The molecule has 17 heavy (non-hydrogen) atoms. The second-order valence-electron chi connectivity index (χ2n) is 3.40. The lowest BCUT2D eigenvalue weighted by Crippen LogP contribution is -2.24. The van der Waals surface area contributed by atoms with E-state index in [1.165, 1.54) is 0 Å². The van der Waals surface area contributed by atoms with Gasteiger partial charge in [-0.2, -0.15) is 4.98 Å². The van der Waals surface area contributed by atoms with Gasteiger partial charge in [-0.05, 0) is 4.90 Å². The molecule has 0 fully saturated rings. The predicted molar refractivity (Wildman–Crippen MR) is 58.4 cm³/mol. The third-order valence-electron chi connectivity index (χ3n) is 2.31. The second-order valence-corrected chi connectivity index (χ2v) is 3.40. The molecule has 0 spiro atoms. The fourth-order valence-electron chi connectivity index (χ4n) is 1.53. The van der Waals surface area contributed by atoms with Crippen molar-refractivity contribution in [2.24, 2.45) is 0 Å². The van der Waals surface area contributed by atoms with Gasteiger partial charge in [-0.3, -0.25) is 4.63 Å². The van der Waals surface area contributed by atoms with E-state index in [0.29, 0.717) is 5.82 Å². The van der Waals surface area contributed by atoms with Gasteiger partial charge in [0.1, 0.15) is 0 Å². The third kappa shape index (κ3) is 1.44. The molecule has 0 unspecified atom stereocenters. The number of fused-ring (bicyclic) bond motifs is 1. The number of anilines is 1. The Morgan fingerprint density at radius 3 is 2.71 bits per heavy atom. The third-order valence-corrected chi connectivity index (χ3v) is 2.31. The van der Waals surface area contributed by atoms with E-state index in [0.717, 1.165) is 5.56 Å². The Bertz CT molecular complexity index is 680. The van der Waals surface area contributed by atoms with Gasteiger partial charge in [-0.25, -0.2) is 4.98 Å². The zero-order valence-electron chi connectivity index (χ0n) is 8.57. The number of aromatic nitrogens is 4. The van der Waals surface area contributed by atoms with Gasteiger partial charge in [0, 0.05) is 5.56 Å². The van der Waals surface area contributed by atoms with Crippen LogP contribution >= 0.6 is 0 Å². The molecule has 0 radical (unpaired) electrons. The van der Waals surface area contributed by atoms with E-state index < -0.39 is 0 Å². The van der Waals surface area contributed by atoms with E-state index in [9.17, 15) is 5.21 Å². The minimum Gasteiger partial charge on any atom is -0.380 e. The van der Waals surface area contributed by atoms with E-state index in [1.807, 2.05) is 30.3 Å². The van der Waals surface area contributed by atoms with E-state index in [1.54, 1.807) is 0 Å². The van der Waals surface area contributed by atoms with E-state index in [4.69, 9.17) is 5.73 Å². The summed E-state index contributed by atoms with van der Waals surface area (Å²) in [6, 6.07) is 9.27. The van der Waals surface area contributed by atoms with Crippen molar-refractivity contribution < 1.29 is 9.53 Å². The Labute approximate surface area is 95.0 Å². The van der Waals surface area contributed by atoms with Crippen molar-refractivity contribution in [1.29, 1.82) is 0 Å². The highest BCUT2D eigenvalue weighted by atomic mass is 16.8. The summed E-state index contributed by atoms with van der Waals surface area (Å²) in [5, 5.41) is 14.7. The minimum atomic E-state index is 0.0460. The molecule has 2 aromatic heterocycles. The van der Waals surface area contributed by atoms with Gasteiger partial charge in [-0.1, -0.05) is 30.3 Å². The predicted octanol–water partition coefficient (Wildman–Crippen LogP) is 0.500. The number of hydrogen-bond donors (Lipinski definition) is 1. The summed E-state index contributed by atoms with van der Waals surface area (Å²) in [5.41, 5.74) is 6.65. The first-order chi connectivity index (χ1) is 8.25. The molecule has 0 saturated heterocycles. The SMILES string of the molecule is Nc1nc(-c2ccccc2)nc2no[n+]([O-])c12. The first kappa shape index (κ1) is 9.52. The molecule has 0 atom stereocenters.